The van der Waals surface area contributed by atoms with Gasteiger partial charge in [0.25, 0.3) is 0 Å². The van der Waals surface area contributed by atoms with E-state index in [-0.39, 0.29) is 5.92 Å². The van der Waals surface area contributed by atoms with Crippen molar-refractivity contribution in [3.63, 3.8) is 0 Å². The van der Waals surface area contributed by atoms with E-state index in [4.69, 9.17) is 4.74 Å². The minimum atomic E-state index is -0.0151. The Bertz CT molecular complexity index is 825. The Morgan fingerprint density at radius 1 is 1.09 bits per heavy atom. The number of benzene rings is 2. The van der Waals surface area contributed by atoms with Crippen molar-refractivity contribution in [2.24, 2.45) is 0 Å². The molecule has 0 saturated carbocycles. The van der Waals surface area contributed by atoms with Crippen LogP contribution in [0.2, 0.25) is 0 Å². The van der Waals surface area contributed by atoms with E-state index in [1.807, 2.05) is 43.6 Å². The summed E-state index contributed by atoms with van der Waals surface area (Å²) in [6.45, 7) is 0. The first kappa shape index (κ1) is 14.1. The van der Waals surface area contributed by atoms with Crippen LogP contribution in [0.25, 0.3) is 10.9 Å². The molecule has 3 rings (SSSR count). The molecule has 0 fully saturated rings. The van der Waals surface area contributed by atoms with Gasteiger partial charge in [0.15, 0.2) is 0 Å². The van der Waals surface area contributed by atoms with Gasteiger partial charge in [-0.2, -0.15) is 0 Å². The minimum absolute atomic E-state index is 0.0151. The zero-order valence-corrected chi connectivity index (χ0v) is 12.7. The molecule has 1 atom stereocenters. The van der Waals surface area contributed by atoms with Crippen molar-refractivity contribution in [3.05, 3.63) is 65.9 Å². The smallest absolute Gasteiger partial charge is 0.128 e. The van der Waals surface area contributed by atoms with Crippen LogP contribution >= 0.6 is 0 Å². The van der Waals surface area contributed by atoms with E-state index < -0.39 is 0 Å². The topological polar surface area (TPSA) is 37.0 Å². The van der Waals surface area contributed by atoms with E-state index in [1.54, 1.807) is 7.11 Å². The van der Waals surface area contributed by atoms with Gasteiger partial charge in [0.05, 0.1) is 13.0 Å². The molecule has 0 bridgehead atoms. The van der Waals surface area contributed by atoms with Crippen LogP contribution in [0.1, 0.15) is 17.0 Å². The summed E-state index contributed by atoms with van der Waals surface area (Å²) in [5.74, 6) is 4.14. The van der Waals surface area contributed by atoms with Gasteiger partial charge in [0.2, 0.25) is 0 Å². The molecule has 1 unspecified atom stereocenters. The molecular weight excluding hydrogens is 272 g/mol. The molecule has 2 aromatic carbocycles. The fourth-order valence-electron chi connectivity index (χ4n) is 2.71. The molecule has 110 valence electrons. The Hall–Kier alpha value is -2.86. The highest BCUT2D eigenvalue weighted by Crippen LogP contribution is 2.35. The third-order valence-electron chi connectivity index (χ3n) is 3.70. The van der Waals surface area contributed by atoms with Crippen LogP contribution in [-0.4, -0.2) is 19.1 Å². The van der Waals surface area contributed by atoms with Crippen molar-refractivity contribution < 1.29 is 4.74 Å². The standard InChI is InChI=1S/C19H18N2O/c1-20-12-11-15(14-7-4-3-5-8-14)16-13-21-17-9-6-10-18(22-2)19(16)17/h3-10,13,15,20-21H,1-2H3. The van der Waals surface area contributed by atoms with Gasteiger partial charge in [0.1, 0.15) is 5.75 Å². The molecule has 0 spiro atoms. The van der Waals surface area contributed by atoms with Crippen LogP contribution in [0.5, 0.6) is 5.75 Å². The lowest BCUT2D eigenvalue weighted by Gasteiger charge is -2.12. The van der Waals surface area contributed by atoms with Gasteiger partial charge < -0.3 is 15.0 Å². The number of hydrogen-bond donors (Lipinski definition) is 2. The maximum absolute atomic E-state index is 5.53. The number of methoxy groups -OCH3 is 1. The summed E-state index contributed by atoms with van der Waals surface area (Å²) in [5, 5.41) is 3.99. The zero-order valence-electron chi connectivity index (χ0n) is 12.7. The van der Waals surface area contributed by atoms with Crippen molar-refractivity contribution in [3.8, 4) is 17.7 Å². The van der Waals surface area contributed by atoms with Crippen LogP contribution < -0.4 is 10.1 Å². The predicted molar refractivity (Wildman–Crippen MR) is 90.0 cm³/mol. The summed E-state index contributed by atoms with van der Waals surface area (Å²) >= 11 is 0. The molecule has 22 heavy (non-hydrogen) atoms. The van der Waals surface area contributed by atoms with Crippen molar-refractivity contribution in [2.75, 3.05) is 14.2 Å². The van der Waals surface area contributed by atoms with E-state index in [2.05, 4.69) is 40.5 Å². The monoisotopic (exact) mass is 290 g/mol. The summed E-state index contributed by atoms with van der Waals surface area (Å²) in [7, 11) is 3.52. The van der Waals surface area contributed by atoms with E-state index >= 15 is 0 Å². The molecule has 0 aliphatic carbocycles. The largest absolute Gasteiger partial charge is 0.496 e. The summed E-state index contributed by atoms with van der Waals surface area (Å²) in [6.07, 6.45) is 2.02. The Morgan fingerprint density at radius 2 is 1.91 bits per heavy atom. The highest BCUT2D eigenvalue weighted by molar-refractivity contribution is 5.90. The first-order valence-electron chi connectivity index (χ1n) is 7.21. The van der Waals surface area contributed by atoms with Crippen LogP contribution in [0, 0.1) is 12.0 Å². The molecule has 0 aliphatic heterocycles. The molecule has 0 radical (unpaired) electrons. The molecule has 0 aliphatic rings. The number of rotatable bonds is 3. The second kappa shape index (κ2) is 6.28. The van der Waals surface area contributed by atoms with Gasteiger partial charge in [-0.25, -0.2) is 0 Å². The minimum Gasteiger partial charge on any atom is -0.496 e. The quantitative estimate of drug-likeness (QED) is 0.572. The van der Waals surface area contributed by atoms with Crippen LogP contribution in [-0.2, 0) is 0 Å². The normalized spacial score (nSPS) is 11.5. The van der Waals surface area contributed by atoms with Crippen molar-refractivity contribution in [2.45, 2.75) is 5.92 Å². The lowest BCUT2D eigenvalue weighted by atomic mass is 9.91. The fraction of sp³-hybridized carbons (Fsp3) is 0.158. The Kier molecular flexibility index (Phi) is 4.02. The van der Waals surface area contributed by atoms with Crippen molar-refractivity contribution in [1.29, 1.82) is 0 Å². The van der Waals surface area contributed by atoms with Gasteiger partial charge in [0, 0.05) is 35.8 Å². The Morgan fingerprint density at radius 3 is 2.64 bits per heavy atom. The SMILES string of the molecule is CNC#CC(c1ccccc1)c1c[nH]c2cccc(OC)c12. The summed E-state index contributed by atoms with van der Waals surface area (Å²) in [6, 6.07) is 19.3. The maximum atomic E-state index is 5.53. The van der Waals surface area contributed by atoms with E-state index in [1.165, 1.54) is 0 Å². The average Bonchev–Trinajstić information content (AvgIpc) is 3.00. The highest BCUT2D eigenvalue weighted by Gasteiger charge is 2.18. The van der Waals surface area contributed by atoms with E-state index in [0.717, 1.165) is 27.8 Å². The van der Waals surface area contributed by atoms with Gasteiger partial charge in [-0.3, -0.25) is 0 Å². The summed E-state index contributed by atoms with van der Waals surface area (Å²) in [5.41, 5.74) is 3.35. The van der Waals surface area contributed by atoms with Gasteiger partial charge >= 0.3 is 0 Å². The first-order valence-corrected chi connectivity index (χ1v) is 7.21. The van der Waals surface area contributed by atoms with E-state index in [9.17, 15) is 0 Å². The number of hydrogen-bond acceptors (Lipinski definition) is 2. The van der Waals surface area contributed by atoms with Crippen molar-refractivity contribution >= 4 is 10.9 Å². The van der Waals surface area contributed by atoms with Gasteiger partial charge in [-0.15, -0.1) is 0 Å². The van der Waals surface area contributed by atoms with Crippen LogP contribution in [0.4, 0.5) is 0 Å². The van der Waals surface area contributed by atoms with Crippen molar-refractivity contribution in [1.82, 2.24) is 10.3 Å². The molecular formula is C19H18N2O. The van der Waals surface area contributed by atoms with Gasteiger partial charge in [-0.05, 0) is 17.7 Å². The molecule has 3 aromatic rings. The molecule has 2 N–H and O–H groups in total. The Balaban J connectivity index is 2.21. The third kappa shape index (κ3) is 2.51. The lowest BCUT2D eigenvalue weighted by Crippen LogP contribution is -2.01. The molecule has 1 heterocycles. The average molecular weight is 290 g/mol. The van der Waals surface area contributed by atoms with E-state index in [0.29, 0.717) is 0 Å². The molecule has 3 heteroatoms. The second-order valence-corrected chi connectivity index (χ2v) is 4.99. The molecule has 0 amide bonds. The number of nitrogens with one attached hydrogen (secondary N) is 2. The fourth-order valence-corrected chi connectivity index (χ4v) is 2.71. The summed E-state index contributed by atoms with van der Waals surface area (Å²) < 4.78 is 5.53. The van der Waals surface area contributed by atoms with Crippen LogP contribution in [0.3, 0.4) is 0 Å². The second-order valence-electron chi connectivity index (χ2n) is 4.99. The highest BCUT2D eigenvalue weighted by atomic mass is 16.5. The zero-order chi connectivity index (χ0) is 15.4. The number of H-pyrrole nitrogens is 1. The maximum Gasteiger partial charge on any atom is 0.128 e. The van der Waals surface area contributed by atoms with Gasteiger partial charge in [-0.1, -0.05) is 42.3 Å². The Labute approximate surface area is 130 Å². The number of aromatic amines is 1. The summed E-state index contributed by atoms with van der Waals surface area (Å²) in [4.78, 5) is 3.32. The molecule has 1 aromatic heterocycles. The molecule has 0 saturated heterocycles. The predicted octanol–water partition coefficient (Wildman–Crippen LogP) is 3.49. The first-order chi connectivity index (χ1) is 10.8. The van der Waals surface area contributed by atoms with Crippen LogP contribution in [0.15, 0.2) is 54.7 Å². The lowest BCUT2D eigenvalue weighted by molar-refractivity contribution is 0.419. The third-order valence-corrected chi connectivity index (χ3v) is 3.70. The number of ether oxygens (including phenoxy) is 1. The number of aromatic nitrogens is 1. The molecule has 3 nitrogen and oxygen atoms in total. The number of fused-ring (bicyclic) bond motifs is 1.